The van der Waals surface area contributed by atoms with Crippen molar-refractivity contribution in [1.82, 2.24) is 51.9 Å². The average Bonchev–Trinajstić information content (AvgIpc) is 4.02. The first-order valence-corrected chi connectivity index (χ1v) is 21.1. The Bertz CT molecular complexity index is 2440. The van der Waals surface area contributed by atoms with Gasteiger partial charge in [0.05, 0.1) is 11.8 Å². The summed E-state index contributed by atoms with van der Waals surface area (Å²) in [5, 5.41) is 38.6. The van der Waals surface area contributed by atoms with Gasteiger partial charge >= 0.3 is 0 Å². The molecule has 4 saturated carbocycles. The number of hydrogen-bond acceptors (Lipinski definition) is 9. The number of carbonyl (C=O) groups excluding carboxylic acids is 3. The molecule has 7 aliphatic rings. The molecule has 7 aliphatic carbocycles. The number of aromatic amines is 2. The lowest BCUT2D eigenvalue weighted by atomic mass is 9.49. The van der Waals surface area contributed by atoms with E-state index in [4.69, 9.17) is 0 Å². The number of amides is 3. The van der Waals surface area contributed by atoms with Crippen LogP contribution in [0.4, 0.5) is 5.69 Å². The second-order valence-corrected chi connectivity index (χ2v) is 17.9. The van der Waals surface area contributed by atoms with Crippen molar-refractivity contribution < 1.29 is 14.4 Å². The van der Waals surface area contributed by atoms with E-state index in [9.17, 15) is 4.79 Å². The smallest absolute Gasteiger partial charge is 0.247 e. The van der Waals surface area contributed by atoms with Crippen molar-refractivity contribution >= 4 is 23.4 Å². The summed E-state index contributed by atoms with van der Waals surface area (Å²) in [4.78, 5) is 44.9. The van der Waals surface area contributed by atoms with E-state index in [1.54, 1.807) is 18.2 Å². The van der Waals surface area contributed by atoms with Gasteiger partial charge in [0.15, 0.2) is 0 Å². The van der Waals surface area contributed by atoms with Gasteiger partial charge in [-0.25, -0.2) is 0 Å². The fourth-order valence-electron chi connectivity index (χ4n) is 12.3. The van der Waals surface area contributed by atoms with E-state index < -0.39 is 23.8 Å². The van der Waals surface area contributed by atoms with Gasteiger partial charge in [0.2, 0.25) is 29.4 Å². The van der Waals surface area contributed by atoms with Gasteiger partial charge in [-0.2, -0.15) is 10.4 Å². The van der Waals surface area contributed by atoms with Crippen LogP contribution in [0.25, 0.3) is 22.8 Å². The van der Waals surface area contributed by atoms with Crippen molar-refractivity contribution in [3.63, 3.8) is 0 Å². The third-order valence-electron chi connectivity index (χ3n) is 14.2. The Labute approximate surface area is 346 Å². The van der Waals surface area contributed by atoms with E-state index in [-0.39, 0.29) is 35.5 Å². The van der Waals surface area contributed by atoms with Crippen LogP contribution in [-0.4, -0.2) is 71.6 Å². The van der Waals surface area contributed by atoms with Crippen molar-refractivity contribution in [1.29, 1.82) is 0 Å². The van der Waals surface area contributed by atoms with Crippen LogP contribution in [-0.2, 0) is 20.8 Å². The molecule has 4 aromatic carbocycles. The van der Waals surface area contributed by atoms with Crippen LogP contribution in [0, 0.1) is 35.0 Å². The van der Waals surface area contributed by atoms with E-state index in [1.165, 1.54) is 38.5 Å². The third kappa shape index (κ3) is 6.45. The first kappa shape index (κ1) is 36.5. The minimum Gasteiger partial charge on any atom is -0.355 e. The molecule has 6 aromatic rings. The number of benzene rings is 4. The normalized spacial score (nSPS) is 27.1. The quantitative estimate of drug-likeness (QED) is 0.111. The van der Waals surface area contributed by atoms with E-state index in [0.717, 1.165) is 45.6 Å². The summed E-state index contributed by atoms with van der Waals surface area (Å²) in [5.41, 5.74) is 6.84. The second-order valence-electron chi connectivity index (χ2n) is 17.9. The summed E-state index contributed by atoms with van der Waals surface area (Å²) < 4.78 is 0. The van der Waals surface area contributed by atoms with Gasteiger partial charge < -0.3 is 16.0 Å². The lowest BCUT2D eigenvalue weighted by Crippen LogP contribution is -2.57. The summed E-state index contributed by atoms with van der Waals surface area (Å²) in [6.45, 7) is 0.647. The lowest BCUT2D eigenvalue weighted by Gasteiger charge is -2.57. The highest BCUT2D eigenvalue weighted by Crippen LogP contribution is 2.61. The number of fused-ring (bicyclic) bond motifs is 1. The summed E-state index contributed by atoms with van der Waals surface area (Å²) in [7, 11) is 0. The van der Waals surface area contributed by atoms with Crippen molar-refractivity contribution in [3.8, 4) is 22.8 Å². The van der Waals surface area contributed by atoms with Gasteiger partial charge in [0.25, 0.3) is 0 Å². The van der Waals surface area contributed by atoms with Crippen molar-refractivity contribution in [2.45, 2.75) is 62.8 Å². The Morgan fingerprint density at radius 3 is 1.65 bits per heavy atom. The molecule has 60 heavy (non-hydrogen) atoms. The number of anilines is 1. The molecule has 0 spiro atoms. The number of nitrogens with one attached hydrogen (secondary N) is 5. The maximum Gasteiger partial charge on any atom is 0.247 e. The van der Waals surface area contributed by atoms with Gasteiger partial charge in [0.1, 0.15) is 6.04 Å². The molecule has 5 N–H and O–H groups in total. The molecule has 4 fully saturated rings. The molecule has 0 aliphatic heterocycles. The number of nitrogens with zero attached hydrogens (tertiary/aromatic N) is 6. The minimum absolute atomic E-state index is 0.0822. The molecule has 2 aromatic heterocycles. The van der Waals surface area contributed by atoms with Gasteiger partial charge in [-0.05, 0) is 118 Å². The monoisotopic (exact) mass is 799 g/mol. The summed E-state index contributed by atoms with van der Waals surface area (Å²) in [6, 6.07) is 30.4. The molecule has 3 amide bonds. The molecule has 3 atom stereocenters. The molecule has 2 unspecified atom stereocenters. The van der Waals surface area contributed by atoms with Crippen LogP contribution >= 0.6 is 0 Å². The zero-order valence-electron chi connectivity index (χ0n) is 32.9. The van der Waals surface area contributed by atoms with Crippen molar-refractivity contribution in [2.75, 3.05) is 11.9 Å². The third-order valence-corrected chi connectivity index (χ3v) is 14.2. The van der Waals surface area contributed by atoms with Gasteiger partial charge in [-0.3, -0.25) is 14.4 Å². The van der Waals surface area contributed by atoms with Crippen LogP contribution < -0.4 is 16.0 Å². The van der Waals surface area contributed by atoms with Crippen LogP contribution in [0.2, 0.25) is 0 Å². The number of aromatic nitrogens is 8. The minimum atomic E-state index is -0.996. The topological polar surface area (TPSA) is 196 Å². The van der Waals surface area contributed by atoms with Gasteiger partial charge in [-0.1, -0.05) is 78.9 Å². The standard InChI is InChI=1S/C46H45N11O3/c58-43(48-31-19-29(41-50-54-55-51-41)18-30(20-31)42-52-56-57-53-42)36(17-25-8-2-1-3-9-25)49-45(60)40-38-34-12-6-4-10-32(34)37(33-11-5-7-13-35(33)38)39(40)44(59)47-24-46-21-26-14-27(22-46)16-28(15-26)23-46/h1-13,18-20,26-28,36-40H,14-17,21-24H2,(H,47,59)(H,48,58)(H,49,60)(H,50,51,54,55)(H,52,53,56,57)/t26?,27?,28?,36-,37?,38?,39?,40?,46?/m0/s1. The molecule has 14 nitrogen and oxygen atoms in total. The maximum atomic E-state index is 15.3. The lowest BCUT2D eigenvalue weighted by molar-refractivity contribution is -0.139. The second kappa shape index (κ2) is 14.6. The first-order chi connectivity index (χ1) is 29.4. The molecular weight excluding hydrogens is 755 g/mol. The molecule has 6 bridgehead atoms. The van der Waals surface area contributed by atoms with E-state index in [0.29, 0.717) is 35.0 Å². The summed E-state index contributed by atoms with van der Waals surface area (Å²) in [5.74, 6) is -0.0459. The van der Waals surface area contributed by atoms with E-state index >= 15 is 9.59 Å². The van der Waals surface area contributed by atoms with Gasteiger partial charge in [0, 0.05) is 41.6 Å². The molecule has 13 rings (SSSR count). The number of H-pyrrole nitrogens is 2. The summed E-state index contributed by atoms with van der Waals surface area (Å²) in [6.07, 6.45) is 7.74. The largest absolute Gasteiger partial charge is 0.355 e. The number of hydrogen-bond donors (Lipinski definition) is 5. The Morgan fingerprint density at radius 2 is 1.15 bits per heavy atom. The van der Waals surface area contributed by atoms with Crippen LogP contribution in [0.5, 0.6) is 0 Å². The van der Waals surface area contributed by atoms with E-state index in [1.807, 2.05) is 54.6 Å². The number of rotatable bonds is 11. The van der Waals surface area contributed by atoms with Crippen LogP contribution in [0.15, 0.2) is 97.1 Å². The molecule has 0 saturated heterocycles. The maximum absolute atomic E-state index is 15.3. The Hall–Kier alpha value is -6.57. The Morgan fingerprint density at radius 1 is 0.650 bits per heavy atom. The fraction of sp³-hybridized carbons (Fsp3) is 0.370. The molecule has 14 heteroatoms. The molecular formula is C46H45N11O3. The SMILES string of the molecule is O=C(NCC12CC3CC(CC(C3)C1)C2)C1C2c3ccccc3C(c3ccccc32)C1C(=O)N[C@@H](Cc1ccccc1)C(=O)Nc1cc(-c2nn[nH]n2)cc(-c2nn[nH]n2)c1. The Kier molecular flexibility index (Phi) is 8.89. The van der Waals surface area contributed by atoms with Gasteiger partial charge in [-0.15, -0.1) is 20.4 Å². The highest BCUT2D eigenvalue weighted by molar-refractivity contribution is 6.00. The fourth-order valence-corrected chi connectivity index (χ4v) is 12.3. The van der Waals surface area contributed by atoms with Crippen molar-refractivity contribution in [2.24, 2.45) is 35.0 Å². The average molecular weight is 800 g/mol. The zero-order valence-corrected chi connectivity index (χ0v) is 32.9. The number of tetrazole rings is 2. The Balaban J connectivity index is 0.934. The highest BCUT2D eigenvalue weighted by atomic mass is 16.2. The van der Waals surface area contributed by atoms with Crippen LogP contribution in [0.1, 0.15) is 78.2 Å². The predicted octanol–water partition coefficient (Wildman–Crippen LogP) is 5.57. The number of carbonyl (C=O) groups is 3. The van der Waals surface area contributed by atoms with Crippen LogP contribution in [0.3, 0.4) is 0 Å². The molecule has 0 radical (unpaired) electrons. The molecule has 2 heterocycles. The zero-order chi connectivity index (χ0) is 40.4. The predicted molar refractivity (Wildman–Crippen MR) is 221 cm³/mol. The summed E-state index contributed by atoms with van der Waals surface area (Å²) >= 11 is 0. The van der Waals surface area contributed by atoms with E-state index in [2.05, 4.69) is 81.5 Å². The van der Waals surface area contributed by atoms with Crippen molar-refractivity contribution in [3.05, 3.63) is 125 Å². The molecule has 302 valence electrons. The first-order valence-electron chi connectivity index (χ1n) is 21.1. The highest BCUT2D eigenvalue weighted by Gasteiger charge is 2.56.